The third-order valence-electron chi connectivity index (χ3n) is 1.26. The molecule has 76 valence electrons. The molecule has 0 amide bonds. The van der Waals surface area contributed by atoms with E-state index in [1.165, 1.54) is 0 Å². The summed E-state index contributed by atoms with van der Waals surface area (Å²) in [5.74, 6) is 1.35. The molecule has 0 heterocycles. The number of rotatable bonds is 7. The van der Waals surface area contributed by atoms with Gasteiger partial charge in [-0.15, -0.1) is 0 Å². The van der Waals surface area contributed by atoms with Crippen LogP contribution in [0, 0.1) is 0 Å². The molecule has 1 N–H and O–H groups in total. The lowest BCUT2D eigenvalue weighted by molar-refractivity contribution is -0.138. The molecule has 0 saturated heterocycles. The number of aliphatic hydroxyl groups is 1. The predicted octanol–water partition coefficient (Wildman–Crippen LogP) is 1.22. The third kappa shape index (κ3) is 7.87. The third-order valence-corrected chi connectivity index (χ3v) is 2.29. The van der Waals surface area contributed by atoms with E-state index in [2.05, 4.69) is 6.58 Å². The Hall–Kier alpha value is -0.480. The number of thioether (sulfide) groups is 1. The maximum Gasteiger partial charge on any atom is 0.333 e. The van der Waals surface area contributed by atoms with Crippen LogP contribution in [0.15, 0.2) is 12.2 Å². The molecule has 0 rings (SSSR count). The monoisotopic (exact) mass is 204 g/mol. The molecule has 13 heavy (non-hydrogen) atoms. The van der Waals surface area contributed by atoms with E-state index in [0.717, 1.165) is 17.9 Å². The molecule has 0 aromatic heterocycles. The van der Waals surface area contributed by atoms with E-state index in [9.17, 15) is 4.79 Å². The van der Waals surface area contributed by atoms with Gasteiger partial charge in [0.05, 0.1) is 0 Å². The predicted molar refractivity (Wildman–Crippen MR) is 54.8 cm³/mol. The minimum Gasteiger partial charge on any atom is -0.461 e. The van der Waals surface area contributed by atoms with Crippen molar-refractivity contribution >= 4 is 17.7 Å². The quantitative estimate of drug-likeness (QED) is 0.385. The van der Waals surface area contributed by atoms with Crippen LogP contribution in [0.25, 0.3) is 0 Å². The fourth-order valence-corrected chi connectivity index (χ4v) is 1.32. The highest BCUT2D eigenvalue weighted by molar-refractivity contribution is 7.99. The summed E-state index contributed by atoms with van der Waals surface area (Å²) in [6, 6.07) is 0. The zero-order valence-electron chi connectivity index (χ0n) is 7.91. The molecule has 0 saturated carbocycles. The fourth-order valence-electron chi connectivity index (χ4n) is 0.585. The number of aliphatic hydroxyl groups excluding tert-OH is 1. The molecule has 0 spiro atoms. The highest BCUT2D eigenvalue weighted by Crippen LogP contribution is 2.02. The van der Waals surface area contributed by atoms with Gasteiger partial charge in [0.15, 0.2) is 0 Å². The zero-order chi connectivity index (χ0) is 10.1. The van der Waals surface area contributed by atoms with Gasteiger partial charge in [0.25, 0.3) is 0 Å². The summed E-state index contributed by atoms with van der Waals surface area (Å²) in [5.41, 5.74) is 0.431. The molecule has 4 heteroatoms. The van der Waals surface area contributed by atoms with Gasteiger partial charge in [0.1, 0.15) is 6.61 Å². The van der Waals surface area contributed by atoms with Crippen molar-refractivity contribution in [2.24, 2.45) is 0 Å². The van der Waals surface area contributed by atoms with Crippen LogP contribution >= 0.6 is 11.8 Å². The lowest BCUT2D eigenvalue weighted by Gasteiger charge is -2.03. The van der Waals surface area contributed by atoms with Crippen molar-refractivity contribution in [2.75, 3.05) is 24.7 Å². The van der Waals surface area contributed by atoms with E-state index in [1.807, 2.05) is 0 Å². The molecule has 0 aromatic carbocycles. The van der Waals surface area contributed by atoms with E-state index < -0.39 is 0 Å². The van der Waals surface area contributed by atoms with Crippen molar-refractivity contribution < 1.29 is 14.6 Å². The first-order valence-corrected chi connectivity index (χ1v) is 5.35. The number of hydrogen-bond acceptors (Lipinski definition) is 4. The lowest BCUT2D eigenvalue weighted by atomic mass is 10.4. The van der Waals surface area contributed by atoms with Gasteiger partial charge in [-0.3, -0.25) is 0 Å². The maximum atomic E-state index is 10.9. The van der Waals surface area contributed by atoms with Gasteiger partial charge in [-0.1, -0.05) is 6.58 Å². The maximum absolute atomic E-state index is 10.9. The Balaban J connectivity index is 3.16. The summed E-state index contributed by atoms with van der Waals surface area (Å²) >= 11 is 1.66. The van der Waals surface area contributed by atoms with Crippen molar-refractivity contribution in [3.05, 3.63) is 12.2 Å². The van der Waals surface area contributed by atoms with Gasteiger partial charge >= 0.3 is 5.97 Å². The van der Waals surface area contributed by atoms with Crippen LogP contribution in [-0.2, 0) is 9.53 Å². The Morgan fingerprint density at radius 2 is 2.23 bits per heavy atom. The molecule has 0 unspecified atom stereocenters. The number of hydrogen-bond donors (Lipinski definition) is 1. The number of ether oxygens (including phenoxy) is 1. The first kappa shape index (κ1) is 12.5. The van der Waals surface area contributed by atoms with Crippen LogP contribution in [0.3, 0.4) is 0 Å². The van der Waals surface area contributed by atoms with Crippen LogP contribution in [0.1, 0.15) is 13.3 Å². The highest BCUT2D eigenvalue weighted by atomic mass is 32.2. The van der Waals surface area contributed by atoms with Crippen LogP contribution in [0.5, 0.6) is 0 Å². The van der Waals surface area contributed by atoms with Gasteiger partial charge in [-0.05, 0) is 19.1 Å². The molecule has 0 aliphatic rings. The molecule has 0 aliphatic carbocycles. The number of carbonyl (C=O) groups excluding carboxylic acids is 1. The molecule has 0 aliphatic heterocycles. The van der Waals surface area contributed by atoms with Gasteiger partial charge in [0, 0.05) is 17.9 Å². The van der Waals surface area contributed by atoms with E-state index in [0.29, 0.717) is 12.2 Å². The van der Waals surface area contributed by atoms with Crippen LogP contribution in [0.4, 0.5) is 0 Å². The van der Waals surface area contributed by atoms with E-state index in [4.69, 9.17) is 9.84 Å². The smallest absolute Gasteiger partial charge is 0.333 e. The van der Waals surface area contributed by atoms with Crippen molar-refractivity contribution in [1.82, 2.24) is 0 Å². The Bertz CT molecular complexity index is 168. The second-order valence-electron chi connectivity index (χ2n) is 2.61. The summed E-state index contributed by atoms with van der Waals surface area (Å²) in [5, 5.41) is 8.47. The number of esters is 1. The molecular formula is C9H16O3S. The average molecular weight is 204 g/mol. The SMILES string of the molecule is C=C(C)C(=O)OCCSCCCO. The van der Waals surface area contributed by atoms with Crippen molar-refractivity contribution in [2.45, 2.75) is 13.3 Å². The van der Waals surface area contributed by atoms with Crippen molar-refractivity contribution in [1.29, 1.82) is 0 Å². The molecule has 0 fully saturated rings. The Morgan fingerprint density at radius 3 is 2.77 bits per heavy atom. The molecular weight excluding hydrogens is 188 g/mol. The summed E-state index contributed by atoms with van der Waals surface area (Å²) in [4.78, 5) is 10.9. The fraction of sp³-hybridized carbons (Fsp3) is 0.667. The summed E-state index contributed by atoms with van der Waals surface area (Å²) in [6.45, 7) is 5.73. The molecule has 0 atom stereocenters. The minimum atomic E-state index is -0.331. The molecule has 3 nitrogen and oxygen atoms in total. The second-order valence-corrected chi connectivity index (χ2v) is 3.83. The summed E-state index contributed by atoms with van der Waals surface area (Å²) in [7, 11) is 0. The Morgan fingerprint density at radius 1 is 1.54 bits per heavy atom. The topological polar surface area (TPSA) is 46.5 Å². The van der Waals surface area contributed by atoms with Gasteiger partial charge in [-0.2, -0.15) is 11.8 Å². The van der Waals surface area contributed by atoms with Crippen LogP contribution in [-0.4, -0.2) is 35.8 Å². The molecule has 0 bridgehead atoms. The largest absolute Gasteiger partial charge is 0.461 e. The zero-order valence-corrected chi connectivity index (χ0v) is 8.73. The first-order chi connectivity index (χ1) is 6.18. The van der Waals surface area contributed by atoms with E-state index >= 15 is 0 Å². The first-order valence-electron chi connectivity index (χ1n) is 4.19. The summed E-state index contributed by atoms with van der Waals surface area (Å²) < 4.78 is 4.86. The standard InChI is InChI=1S/C9H16O3S/c1-8(2)9(11)12-5-7-13-6-3-4-10/h10H,1,3-7H2,2H3. The van der Waals surface area contributed by atoms with Crippen molar-refractivity contribution in [3.8, 4) is 0 Å². The minimum absolute atomic E-state index is 0.221. The van der Waals surface area contributed by atoms with Crippen LogP contribution < -0.4 is 0 Å². The summed E-state index contributed by atoms with van der Waals surface area (Å²) in [6.07, 6.45) is 0.791. The van der Waals surface area contributed by atoms with Crippen LogP contribution in [0.2, 0.25) is 0 Å². The second kappa shape index (κ2) is 8.13. The van der Waals surface area contributed by atoms with Gasteiger partial charge < -0.3 is 9.84 Å². The Labute approximate surface area is 83.2 Å². The number of carbonyl (C=O) groups is 1. The Kier molecular flexibility index (Phi) is 7.83. The lowest BCUT2D eigenvalue weighted by Crippen LogP contribution is -2.07. The van der Waals surface area contributed by atoms with Gasteiger partial charge in [-0.25, -0.2) is 4.79 Å². The van der Waals surface area contributed by atoms with E-state index in [-0.39, 0.29) is 12.6 Å². The highest BCUT2D eigenvalue weighted by Gasteiger charge is 2.01. The molecule has 0 radical (unpaired) electrons. The normalized spacial score (nSPS) is 9.69. The average Bonchev–Trinajstić information content (AvgIpc) is 2.10. The van der Waals surface area contributed by atoms with Gasteiger partial charge in [0.2, 0.25) is 0 Å². The van der Waals surface area contributed by atoms with E-state index in [1.54, 1.807) is 18.7 Å². The van der Waals surface area contributed by atoms with Crippen molar-refractivity contribution in [3.63, 3.8) is 0 Å². The molecule has 0 aromatic rings.